The van der Waals surface area contributed by atoms with Gasteiger partial charge in [-0.15, -0.1) is 0 Å². The summed E-state index contributed by atoms with van der Waals surface area (Å²) in [6.07, 6.45) is 11.6. The van der Waals surface area contributed by atoms with Crippen LogP contribution in [0.2, 0.25) is 11.1 Å². The van der Waals surface area contributed by atoms with E-state index in [9.17, 15) is 0 Å². The first kappa shape index (κ1) is 16.6. The van der Waals surface area contributed by atoms with Gasteiger partial charge in [-0.2, -0.15) is 0 Å². The van der Waals surface area contributed by atoms with Crippen LogP contribution in [-0.4, -0.2) is 21.8 Å². The molecule has 0 aromatic carbocycles. The molecule has 2 unspecified atom stereocenters. The van der Waals surface area contributed by atoms with Crippen molar-refractivity contribution < 1.29 is 8.85 Å². The van der Waals surface area contributed by atoms with Crippen LogP contribution >= 0.6 is 0 Å². The molecule has 2 atom stereocenters. The fourth-order valence-electron chi connectivity index (χ4n) is 5.38. The van der Waals surface area contributed by atoms with E-state index in [1.165, 1.54) is 51.4 Å². The molecule has 3 heteroatoms. The first-order chi connectivity index (χ1) is 11.0. The Bertz CT molecular complexity index is 409. The van der Waals surface area contributed by atoms with Crippen LogP contribution in [0.1, 0.15) is 79.1 Å². The van der Waals surface area contributed by atoms with Crippen LogP contribution in [-0.2, 0) is 8.85 Å². The van der Waals surface area contributed by atoms with E-state index >= 15 is 0 Å². The maximum Gasteiger partial charge on any atom is 0.343 e. The highest BCUT2D eigenvalue weighted by molar-refractivity contribution is 6.70. The van der Waals surface area contributed by atoms with Gasteiger partial charge in [-0.05, 0) is 87.9 Å². The first-order valence-corrected chi connectivity index (χ1v) is 12.3. The zero-order chi connectivity index (χ0) is 16.3. The lowest BCUT2D eigenvalue weighted by molar-refractivity contribution is 0.159. The molecule has 0 aromatic rings. The van der Waals surface area contributed by atoms with Gasteiger partial charge in [0.2, 0.25) is 0 Å². The SMILES string of the molecule is CCO[Si](OCC)(C(C)CCC12CC1C2)C(C)CCC12CC1C2. The van der Waals surface area contributed by atoms with Crippen LogP contribution in [0.4, 0.5) is 0 Å². The van der Waals surface area contributed by atoms with Crippen LogP contribution in [0, 0.1) is 22.7 Å². The lowest BCUT2D eigenvalue weighted by atomic mass is 10.1. The van der Waals surface area contributed by atoms with E-state index in [1.54, 1.807) is 0 Å². The Balaban J connectivity index is 1.38. The molecule has 0 amide bonds. The molecule has 0 radical (unpaired) electrons. The van der Waals surface area contributed by atoms with Gasteiger partial charge in [0.15, 0.2) is 0 Å². The van der Waals surface area contributed by atoms with Crippen molar-refractivity contribution >= 4 is 8.56 Å². The molecule has 0 N–H and O–H groups in total. The molecule has 0 saturated heterocycles. The van der Waals surface area contributed by atoms with Crippen molar-refractivity contribution in [2.24, 2.45) is 22.7 Å². The van der Waals surface area contributed by atoms with E-state index in [0.29, 0.717) is 11.1 Å². The Hall–Kier alpha value is 0.137. The molecule has 4 aliphatic carbocycles. The van der Waals surface area contributed by atoms with Gasteiger partial charge in [-0.25, -0.2) is 0 Å². The molecule has 23 heavy (non-hydrogen) atoms. The molecule has 0 heterocycles. The maximum atomic E-state index is 6.51. The molecular formula is C20H36O2Si. The monoisotopic (exact) mass is 336 g/mol. The zero-order valence-electron chi connectivity index (χ0n) is 15.7. The standard InChI is InChI=1S/C20H36O2Si/c1-5-21-23(22-6-2,15(3)7-9-19-11-17(19)12-19)16(4)8-10-20-13-18(20)14-20/h15-18H,5-14H2,1-4H3. The summed E-state index contributed by atoms with van der Waals surface area (Å²) in [5.41, 5.74) is 2.90. The summed E-state index contributed by atoms with van der Waals surface area (Å²) in [5, 5.41) is 0. The van der Waals surface area contributed by atoms with Gasteiger partial charge in [0.05, 0.1) is 0 Å². The Labute approximate surface area is 144 Å². The Morgan fingerprint density at radius 3 is 1.43 bits per heavy atom. The Kier molecular flexibility index (Phi) is 4.02. The van der Waals surface area contributed by atoms with E-state index < -0.39 is 8.56 Å². The van der Waals surface area contributed by atoms with Crippen molar-refractivity contribution in [1.29, 1.82) is 0 Å². The molecule has 132 valence electrons. The Morgan fingerprint density at radius 1 is 0.826 bits per heavy atom. The van der Waals surface area contributed by atoms with Gasteiger partial charge in [0.1, 0.15) is 0 Å². The lowest BCUT2D eigenvalue weighted by Crippen LogP contribution is -2.50. The average Bonchev–Trinajstić information content (AvgIpc) is 3.31. The van der Waals surface area contributed by atoms with Gasteiger partial charge >= 0.3 is 8.56 Å². The van der Waals surface area contributed by atoms with Gasteiger partial charge in [0, 0.05) is 24.3 Å². The second-order valence-corrected chi connectivity index (χ2v) is 13.4. The molecule has 4 aliphatic rings. The van der Waals surface area contributed by atoms with Crippen LogP contribution in [0.15, 0.2) is 0 Å². The molecule has 0 aliphatic heterocycles. The van der Waals surface area contributed by atoms with Crippen molar-refractivity contribution in [3.05, 3.63) is 0 Å². The molecule has 0 spiro atoms. The summed E-state index contributed by atoms with van der Waals surface area (Å²) in [4.78, 5) is 0. The number of hydrogen-bond donors (Lipinski definition) is 0. The highest BCUT2D eigenvalue weighted by Crippen LogP contribution is 2.78. The summed E-state index contributed by atoms with van der Waals surface area (Å²) >= 11 is 0. The first-order valence-electron chi connectivity index (χ1n) is 10.3. The minimum absolute atomic E-state index is 0.639. The van der Waals surface area contributed by atoms with Crippen molar-refractivity contribution in [2.45, 2.75) is 90.1 Å². The summed E-state index contributed by atoms with van der Waals surface area (Å²) < 4.78 is 13.0. The second-order valence-electron chi connectivity index (χ2n) is 9.40. The Morgan fingerprint density at radius 2 is 1.17 bits per heavy atom. The van der Waals surface area contributed by atoms with Crippen molar-refractivity contribution in [3.8, 4) is 0 Å². The second kappa shape index (κ2) is 5.57. The van der Waals surface area contributed by atoms with Crippen LogP contribution in [0.25, 0.3) is 0 Å². The fraction of sp³-hybridized carbons (Fsp3) is 1.00. The maximum absolute atomic E-state index is 6.51. The molecular weight excluding hydrogens is 300 g/mol. The van der Waals surface area contributed by atoms with E-state index in [1.807, 2.05) is 0 Å². The van der Waals surface area contributed by atoms with Crippen LogP contribution in [0.5, 0.6) is 0 Å². The average molecular weight is 337 g/mol. The highest BCUT2D eigenvalue weighted by atomic mass is 28.4. The van der Waals surface area contributed by atoms with E-state index in [-0.39, 0.29) is 0 Å². The summed E-state index contributed by atoms with van der Waals surface area (Å²) in [6, 6.07) is 0. The van der Waals surface area contributed by atoms with Gasteiger partial charge in [0.25, 0.3) is 0 Å². The van der Waals surface area contributed by atoms with Gasteiger partial charge in [-0.3, -0.25) is 0 Å². The van der Waals surface area contributed by atoms with E-state index in [2.05, 4.69) is 27.7 Å². The van der Waals surface area contributed by atoms with Crippen molar-refractivity contribution in [3.63, 3.8) is 0 Å². The lowest BCUT2D eigenvalue weighted by Gasteiger charge is -2.40. The molecule has 0 aromatic heterocycles. The topological polar surface area (TPSA) is 18.5 Å². The summed E-state index contributed by atoms with van der Waals surface area (Å²) in [7, 11) is -2.11. The van der Waals surface area contributed by atoms with Crippen LogP contribution in [0.3, 0.4) is 0 Å². The largest absolute Gasteiger partial charge is 0.394 e. The molecule has 4 fully saturated rings. The molecule has 0 bridgehead atoms. The highest BCUT2D eigenvalue weighted by Gasteiger charge is 2.69. The smallest absolute Gasteiger partial charge is 0.343 e. The third-order valence-electron chi connectivity index (χ3n) is 7.97. The molecule has 2 nitrogen and oxygen atoms in total. The minimum Gasteiger partial charge on any atom is -0.394 e. The van der Waals surface area contributed by atoms with Crippen LogP contribution < -0.4 is 0 Å². The number of fused-ring (bicyclic) bond motifs is 2. The third kappa shape index (κ3) is 2.85. The third-order valence-corrected chi connectivity index (χ3v) is 12.8. The number of rotatable bonds is 12. The minimum atomic E-state index is -2.11. The molecule has 4 saturated carbocycles. The fourth-order valence-corrected chi connectivity index (χ4v) is 9.57. The summed E-state index contributed by atoms with van der Waals surface area (Å²) in [6.45, 7) is 10.9. The van der Waals surface area contributed by atoms with E-state index in [0.717, 1.165) is 35.9 Å². The van der Waals surface area contributed by atoms with E-state index in [4.69, 9.17) is 8.85 Å². The van der Waals surface area contributed by atoms with Gasteiger partial charge in [-0.1, -0.05) is 13.8 Å². The predicted molar refractivity (Wildman–Crippen MR) is 96.6 cm³/mol. The normalized spacial score (nSPS) is 41.7. The quantitative estimate of drug-likeness (QED) is 0.428. The summed E-state index contributed by atoms with van der Waals surface area (Å²) in [5.74, 6) is 2.23. The predicted octanol–water partition coefficient (Wildman–Crippen LogP) is 5.66. The molecule has 4 rings (SSSR count). The van der Waals surface area contributed by atoms with Crippen molar-refractivity contribution in [1.82, 2.24) is 0 Å². The number of hydrogen-bond acceptors (Lipinski definition) is 2. The van der Waals surface area contributed by atoms with Gasteiger partial charge < -0.3 is 8.85 Å². The zero-order valence-corrected chi connectivity index (χ0v) is 16.7. The van der Waals surface area contributed by atoms with Crippen molar-refractivity contribution in [2.75, 3.05) is 13.2 Å².